The molecule has 3 rings (SSSR count). The Balaban J connectivity index is 1.68. The molecular weight excluding hydrogens is 475 g/mol. The summed E-state index contributed by atoms with van der Waals surface area (Å²) in [5.74, 6) is 0.903. The summed E-state index contributed by atoms with van der Waals surface area (Å²) >= 11 is 12.1. The van der Waals surface area contributed by atoms with E-state index in [-0.39, 0.29) is 5.57 Å². The molecule has 0 fully saturated rings. The maximum atomic E-state index is 12.7. The average Bonchev–Trinajstić information content (AvgIpc) is 2.83. The number of rotatable bonds is 9. The van der Waals surface area contributed by atoms with Crippen LogP contribution in [0.3, 0.4) is 0 Å². The molecule has 8 heteroatoms. The van der Waals surface area contributed by atoms with Gasteiger partial charge in [0.15, 0.2) is 11.5 Å². The zero-order valence-corrected chi connectivity index (χ0v) is 20.1. The summed E-state index contributed by atoms with van der Waals surface area (Å²) in [5, 5.41) is 13.2. The lowest BCUT2D eigenvalue weighted by Crippen LogP contribution is -2.13. The van der Waals surface area contributed by atoms with Crippen LogP contribution in [0, 0.1) is 11.3 Å². The number of amides is 1. The van der Waals surface area contributed by atoms with Gasteiger partial charge in [0, 0.05) is 10.7 Å². The molecule has 34 heavy (non-hydrogen) atoms. The molecule has 0 aromatic heterocycles. The van der Waals surface area contributed by atoms with Gasteiger partial charge in [-0.3, -0.25) is 4.79 Å². The Labute approximate surface area is 208 Å². The van der Waals surface area contributed by atoms with Gasteiger partial charge in [-0.25, -0.2) is 0 Å². The summed E-state index contributed by atoms with van der Waals surface area (Å²) < 4.78 is 16.6. The molecule has 1 amide bonds. The Morgan fingerprint density at radius 2 is 1.76 bits per heavy atom. The van der Waals surface area contributed by atoms with Gasteiger partial charge in [-0.15, -0.1) is 0 Å². The van der Waals surface area contributed by atoms with Crippen LogP contribution in [0.15, 0.2) is 66.2 Å². The second-order valence-corrected chi connectivity index (χ2v) is 7.87. The van der Waals surface area contributed by atoms with Crippen molar-refractivity contribution in [1.29, 1.82) is 5.26 Å². The van der Waals surface area contributed by atoms with Crippen molar-refractivity contribution in [2.45, 2.75) is 13.5 Å². The van der Waals surface area contributed by atoms with E-state index >= 15 is 0 Å². The third-order valence-electron chi connectivity index (χ3n) is 4.64. The molecule has 0 saturated heterocycles. The van der Waals surface area contributed by atoms with Crippen LogP contribution >= 0.6 is 23.2 Å². The van der Waals surface area contributed by atoms with Gasteiger partial charge in [0.05, 0.1) is 18.7 Å². The zero-order chi connectivity index (χ0) is 24.5. The number of hydrogen-bond donors (Lipinski definition) is 1. The van der Waals surface area contributed by atoms with Gasteiger partial charge in [-0.2, -0.15) is 5.26 Å². The first-order valence-electron chi connectivity index (χ1n) is 10.3. The predicted octanol–water partition coefficient (Wildman–Crippen LogP) is 6.53. The number of nitrogens with one attached hydrogen (secondary N) is 1. The standard InChI is InChI=1S/C26H22Cl2N2O4/c1-3-33-24-14-18(13-23(28)25(24)32-2)12-19(15-29)26(31)30-21-8-10-22(11-9-21)34-16-17-4-6-20(27)7-5-17/h4-14H,3,16H2,1-2H3,(H,30,31)/b19-12+. The number of carbonyl (C=O) groups is 1. The molecule has 0 atom stereocenters. The molecule has 3 aromatic rings. The van der Waals surface area contributed by atoms with Crippen molar-refractivity contribution in [1.82, 2.24) is 0 Å². The summed E-state index contributed by atoms with van der Waals surface area (Å²) in [5.41, 5.74) is 1.95. The van der Waals surface area contributed by atoms with E-state index < -0.39 is 5.91 Å². The summed E-state index contributed by atoms with van der Waals surface area (Å²) in [7, 11) is 1.49. The highest BCUT2D eigenvalue weighted by Crippen LogP contribution is 2.37. The van der Waals surface area contributed by atoms with Crippen LogP contribution in [-0.4, -0.2) is 19.6 Å². The van der Waals surface area contributed by atoms with Gasteiger partial charge in [-0.05, 0) is 72.7 Å². The first-order valence-corrected chi connectivity index (χ1v) is 11.1. The lowest BCUT2D eigenvalue weighted by molar-refractivity contribution is -0.112. The van der Waals surface area contributed by atoms with Crippen LogP contribution < -0.4 is 19.5 Å². The van der Waals surface area contributed by atoms with Crippen molar-refractivity contribution in [2.75, 3.05) is 19.0 Å². The van der Waals surface area contributed by atoms with E-state index in [1.54, 1.807) is 48.5 Å². The Bertz CT molecular complexity index is 1220. The normalized spacial score (nSPS) is 10.9. The SMILES string of the molecule is CCOc1cc(/C=C(\C#N)C(=O)Nc2ccc(OCc3ccc(Cl)cc3)cc2)cc(Cl)c1OC. The predicted molar refractivity (Wildman–Crippen MR) is 134 cm³/mol. The fraction of sp³-hybridized carbons (Fsp3) is 0.154. The highest BCUT2D eigenvalue weighted by atomic mass is 35.5. The molecule has 0 saturated carbocycles. The van der Waals surface area contributed by atoms with Gasteiger partial charge < -0.3 is 19.5 Å². The van der Waals surface area contributed by atoms with Crippen LogP contribution in [0.1, 0.15) is 18.1 Å². The quantitative estimate of drug-likeness (QED) is 0.269. The third-order valence-corrected chi connectivity index (χ3v) is 5.18. The molecule has 0 aliphatic heterocycles. The molecule has 1 N–H and O–H groups in total. The molecule has 0 aliphatic carbocycles. The van der Waals surface area contributed by atoms with Gasteiger partial charge in [0.1, 0.15) is 24.0 Å². The minimum atomic E-state index is -0.553. The maximum absolute atomic E-state index is 12.7. The minimum Gasteiger partial charge on any atom is -0.491 e. The molecule has 0 radical (unpaired) electrons. The van der Waals surface area contributed by atoms with Crippen LogP contribution in [0.4, 0.5) is 5.69 Å². The van der Waals surface area contributed by atoms with E-state index in [4.69, 9.17) is 37.4 Å². The van der Waals surface area contributed by atoms with Crippen LogP contribution in [0.5, 0.6) is 17.2 Å². The molecule has 3 aromatic carbocycles. The molecule has 0 heterocycles. The average molecular weight is 497 g/mol. The molecule has 0 spiro atoms. The maximum Gasteiger partial charge on any atom is 0.266 e. The number of benzene rings is 3. The number of hydrogen-bond acceptors (Lipinski definition) is 5. The van der Waals surface area contributed by atoms with E-state index in [9.17, 15) is 10.1 Å². The summed E-state index contributed by atoms with van der Waals surface area (Å²) in [4.78, 5) is 12.7. The Morgan fingerprint density at radius 1 is 1.06 bits per heavy atom. The van der Waals surface area contributed by atoms with E-state index in [0.29, 0.717) is 51.8 Å². The number of ether oxygens (including phenoxy) is 3. The van der Waals surface area contributed by atoms with Gasteiger partial charge in [0.25, 0.3) is 5.91 Å². The fourth-order valence-corrected chi connectivity index (χ4v) is 3.45. The number of nitriles is 1. The van der Waals surface area contributed by atoms with Crippen LogP contribution in [0.25, 0.3) is 6.08 Å². The fourth-order valence-electron chi connectivity index (χ4n) is 3.03. The number of nitrogens with zero attached hydrogens (tertiary/aromatic N) is 1. The summed E-state index contributed by atoms with van der Waals surface area (Å²) in [6, 6.07) is 19.4. The minimum absolute atomic E-state index is 0.0910. The largest absolute Gasteiger partial charge is 0.491 e. The lowest BCUT2D eigenvalue weighted by Gasteiger charge is -2.12. The number of halogens is 2. The highest BCUT2D eigenvalue weighted by Gasteiger charge is 2.14. The molecule has 0 bridgehead atoms. The second kappa shape index (κ2) is 12.0. The molecule has 6 nitrogen and oxygen atoms in total. The van der Waals surface area contributed by atoms with E-state index in [0.717, 1.165) is 5.56 Å². The molecule has 0 unspecified atom stereocenters. The van der Waals surface area contributed by atoms with Gasteiger partial charge in [0.2, 0.25) is 0 Å². The van der Waals surface area contributed by atoms with E-state index in [1.165, 1.54) is 13.2 Å². The topological polar surface area (TPSA) is 80.6 Å². The molecular formula is C26H22Cl2N2O4. The van der Waals surface area contributed by atoms with Crippen molar-refractivity contribution in [2.24, 2.45) is 0 Å². The Morgan fingerprint density at radius 3 is 2.38 bits per heavy atom. The van der Waals surface area contributed by atoms with E-state index in [2.05, 4.69) is 5.32 Å². The first-order chi connectivity index (χ1) is 16.4. The smallest absolute Gasteiger partial charge is 0.266 e. The van der Waals surface area contributed by atoms with Gasteiger partial charge in [-0.1, -0.05) is 35.3 Å². The van der Waals surface area contributed by atoms with E-state index in [1.807, 2.05) is 25.1 Å². The van der Waals surface area contributed by atoms with Crippen LogP contribution in [-0.2, 0) is 11.4 Å². The summed E-state index contributed by atoms with van der Waals surface area (Å²) in [6.07, 6.45) is 1.44. The number of methoxy groups -OCH3 is 1. The second-order valence-electron chi connectivity index (χ2n) is 7.03. The van der Waals surface area contributed by atoms with Crippen molar-refractivity contribution < 1.29 is 19.0 Å². The molecule has 0 aliphatic rings. The third kappa shape index (κ3) is 6.67. The monoisotopic (exact) mass is 496 g/mol. The summed E-state index contributed by atoms with van der Waals surface area (Å²) in [6.45, 7) is 2.63. The highest BCUT2D eigenvalue weighted by molar-refractivity contribution is 6.32. The first kappa shape index (κ1) is 25.0. The van der Waals surface area contributed by atoms with Crippen molar-refractivity contribution >= 4 is 40.9 Å². The van der Waals surface area contributed by atoms with Gasteiger partial charge >= 0.3 is 0 Å². The lowest BCUT2D eigenvalue weighted by atomic mass is 10.1. The van der Waals surface area contributed by atoms with Crippen molar-refractivity contribution in [3.8, 4) is 23.3 Å². The Kier molecular flexibility index (Phi) is 8.80. The van der Waals surface area contributed by atoms with Crippen LogP contribution in [0.2, 0.25) is 10.0 Å². The number of anilines is 1. The molecule has 174 valence electrons. The number of carbonyl (C=O) groups excluding carboxylic acids is 1. The van der Waals surface area contributed by atoms with Crippen molar-refractivity contribution in [3.05, 3.63) is 87.4 Å². The Hall–Kier alpha value is -3.66. The van der Waals surface area contributed by atoms with Crippen molar-refractivity contribution in [3.63, 3.8) is 0 Å². The zero-order valence-electron chi connectivity index (χ0n) is 18.6.